The smallest absolute Gasteiger partial charge is 0.327 e. The van der Waals surface area contributed by atoms with Crippen molar-refractivity contribution in [1.29, 1.82) is 0 Å². The van der Waals surface area contributed by atoms with Crippen molar-refractivity contribution in [3.8, 4) is 0 Å². The number of nitrogens with one attached hydrogen (secondary N) is 1. The van der Waals surface area contributed by atoms with E-state index in [1.165, 1.54) is 26.1 Å². The van der Waals surface area contributed by atoms with Gasteiger partial charge in [-0.2, -0.15) is 5.10 Å². The summed E-state index contributed by atoms with van der Waals surface area (Å²) in [4.78, 5) is 23.3. The van der Waals surface area contributed by atoms with E-state index in [-0.39, 0.29) is 11.6 Å². The monoisotopic (exact) mass is 313 g/mol. The van der Waals surface area contributed by atoms with Gasteiger partial charge in [-0.1, -0.05) is 31.4 Å². The Morgan fingerprint density at radius 2 is 2.33 bits per heavy atom. The highest BCUT2D eigenvalue weighted by Crippen LogP contribution is 2.27. The molecule has 2 unspecified atom stereocenters. The number of methoxy groups -OCH3 is 1. The fourth-order valence-corrected chi connectivity index (χ4v) is 2.85. The van der Waals surface area contributed by atoms with Gasteiger partial charge < -0.3 is 10.1 Å². The van der Waals surface area contributed by atoms with E-state index >= 15 is 0 Å². The lowest BCUT2D eigenvalue weighted by Gasteiger charge is -2.28. The maximum Gasteiger partial charge on any atom is 0.327 e. The Morgan fingerprint density at radius 1 is 1.57 bits per heavy atom. The normalized spacial score (nSPS) is 21.9. The van der Waals surface area contributed by atoms with Crippen LogP contribution in [0.15, 0.2) is 11.0 Å². The molecule has 116 valence electrons. The Morgan fingerprint density at radius 3 is 3.00 bits per heavy atom. The van der Waals surface area contributed by atoms with E-state index in [1.54, 1.807) is 0 Å². The zero-order valence-corrected chi connectivity index (χ0v) is 13.0. The molecule has 0 radical (unpaired) electrons. The fraction of sp³-hybridized carbons (Fsp3) is 0.643. The van der Waals surface area contributed by atoms with Crippen LogP contribution in [0, 0.1) is 5.92 Å². The van der Waals surface area contributed by atoms with Gasteiger partial charge in [-0.05, 0) is 18.8 Å². The summed E-state index contributed by atoms with van der Waals surface area (Å²) in [7, 11) is 1.26. The van der Waals surface area contributed by atoms with E-state index in [1.807, 2.05) is 0 Å². The van der Waals surface area contributed by atoms with E-state index in [4.69, 9.17) is 11.6 Å². The summed E-state index contributed by atoms with van der Waals surface area (Å²) in [5.74, 6) is 0.130. The van der Waals surface area contributed by atoms with E-state index in [2.05, 4.69) is 22.1 Å². The summed E-state index contributed by atoms with van der Waals surface area (Å²) in [6.45, 7) is 1.98. The minimum atomic E-state index is -0.539. The molecule has 0 aliphatic heterocycles. The van der Waals surface area contributed by atoms with Gasteiger partial charge >= 0.3 is 5.97 Å². The van der Waals surface area contributed by atoms with Gasteiger partial charge in [0.15, 0.2) is 0 Å². The number of ether oxygens (including phenoxy) is 1. The molecule has 1 heterocycles. The molecule has 21 heavy (non-hydrogen) atoms. The summed E-state index contributed by atoms with van der Waals surface area (Å²) in [5, 5.41) is 7.32. The van der Waals surface area contributed by atoms with Crippen LogP contribution in [0.3, 0.4) is 0 Å². The molecule has 6 nitrogen and oxygen atoms in total. The minimum absolute atomic E-state index is 0.0622. The van der Waals surface area contributed by atoms with Crippen LogP contribution in [0.2, 0.25) is 5.02 Å². The van der Waals surface area contributed by atoms with Crippen LogP contribution < -0.4 is 10.9 Å². The van der Waals surface area contributed by atoms with Crippen molar-refractivity contribution < 1.29 is 9.53 Å². The molecule has 1 aliphatic carbocycles. The van der Waals surface area contributed by atoms with Gasteiger partial charge in [0.25, 0.3) is 5.56 Å². The van der Waals surface area contributed by atoms with E-state index in [0.717, 1.165) is 17.5 Å². The molecule has 1 fully saturated rings. The number of hydrogen-bond donors (Lipinski definition) is 1. The first-order chi connectivity index (χ1) is 10.0. The highest BCUT2D eigenvalue weighted by atomic mass is 35.5. The average Bonchev–Trinajstić information content (AvgIpc) is 2.47. The molecule has 0 amide bonds. The fourth-order valence-electron chi connectivity index (χ4n) is 2.65. The zero-order valence-electron chi connectivity index (χ0n) is 12.3. The third-order valence-corrected chi connectivity index (χ3v) is 4.15. The van der Waals surface area contributed by atoms with Crippen LogP contribution in [0.1, 0.15) is 32.6 Å². The van der Waals surface area contributed by atoms with Gasteiger partial charge in [0, 0.05) is 6.04 Å². The minimum Gasteiger partial charge on any atom is -0.468 e. The van der Waals surface area contributed by atoms with E-state index in [9.17, 15) is 9.59 Å². The van der Waals surface area contributed by atoms with Gasteiger partial charge in [0.1, 0.15) is 11.6 Å². The van der Waals surface area contributed by atoms with Crippen molar-refractivity contribution in [2.24, 2.45) is 5.92 Å². The summed E-state index contributed by atoms with van der Waals surface area (Å²) in [6, 6.07) is 0.309. The Labute approximate surface area is 128 Å². The number of nitrogens with zero attached hydrogens (tertiary/aromatic N) is 2. The number of hydrogen-bond acceptors (Lipinski definition) is 5. The van der Waals surface area contributed by atoms with Crippen LogP contribution in [0.4, 0.5) is 5.69 Å². The molecule has 0 saturated heterocycles. The van der Waals surface area contributed by atoms with Crippen LogP contribution >= 0.6 is 11.6 Å². The molecule has 0 spiro atoms. The van der Waals surface area contributed by atoms with Crippen molar-refractivity contribution >= 4 is 23.3 Å². The Kier molecular flexibility index (Phi) is 5.22. The maximum absolute atomic E-state index is 12.1. The van der Waals surface area contributed by atoms with E-state index < -0.39 is 11.5 Å². The first-order valence-corrected chi connectivity index (χ1v) is 7.48. The number of rotatable bonds is 4. The molecular formula is C14H20ClN3O3. The highest BCUT2D eigenvalue weighted by molar-refractivity contribution is 6.32. The van der Waals surface area contributed by atoms with Crippen molar-refractivity contribution in [1.82, 2.24) is 9.78 Å². The Hall–Kier alpha value is -1.56. The third-order valence-electron chi connectivity index (χ3n) is 3.79. The molecule has 2 atom stereocenters. The zero-order chi connectivity index (χ0) is 15.4. The molecule has 1 aliphatic rings. The molecule has 2 rings (SSSR count). The Balaban J connectivity index is 2.13. The molecule has 1 aromatic rings. The van der Waals surface area contributed by atoms with E-state index in [0.29, 0.717) is 17.6 Å². The second-order valence-corrected chi connectivity index (χ2v) is 5.90. The molecule has 1 N–H and O–H groups in total. The molecule has 7 heteroatoms. The first kappa shape index (κ1) is 15.8. The van der Waals surface area contributed by atoms with Gasteiger partial charge in [-0.25, -0.2) is 4.68 Å². The van der Waals surface area contributed by atoms with Crippen LogP contribution in [0.25, 0.3) is 0 Å². The highest BCUT2D eigenvalue weighted by Gasteiger charge is 2.20. The second-order valence-electron chi connectivity index (χ2n) is 5.52. The molecule has 1 aromatic heterocycles. The lowest BCUT2D eigenvalue weighted by molar-refractivity contribution is -0.141. The Bertz CT molecular complexity index is 573. The van der Waals surface area contributed by atoms with Gasteiger partial charge in [-0.3, -0.25) is 9.59 Å². The van der Waals surface area contributed by atoms with Crippen molar-refractivity contribution in [3.05, 3.63) is 21.6 Å². The summed E-state index contributed by atoms with van der Waals surface area (Å²) in [5.41, 5.74) is 0.0396. The lowest BCUT2D eigenvalue weighted by Crippen LogP contribution is -2.31. The number of carbonyl (C=O) groups is 1. The predicted molar refractivity (Wildman–Crippen MR) is 80.6 cm³/mol. The first-order valence-electron chi connectivity index (χ1n) is 7.10. The number of aromatic nitrogens is 2. The number of anilines is 1. The van der Waals surface area contributed by atoms with Gasteiger partial charge in [0.05, 0.1) is 19.0 Å². The van der Waals surface area contributed by atoms with Crippen molar-refractivity contribution in [3.63, 3.8) is 0 Å². The quantitative estimate of drug-likeness (QED) is 0.861. The summed E-state index contributed by atoms with van der Waals surface area (Å²) in [6.07, 6.45) is 6.02. The molecular weight excluding hydrogens is 294 g/mol. The molecule has 1 saturated carbocycles. The maximum atomic E-state index is 12.1. The van der Waals surface area contributed by atoms with Crippen LogP contribution in [0.5, 0.6) is 0 Å². The molecule has 0 aromatic carbocycles. The van der Waals surface area contributed by atoms with Gasteiger partial charge in [0.2, 0.25) is 0 Å². The standard InChI is InChI=1S/C14H20ClN3O3/c1-9-4-3-5-10(6-9)17-11-7-16-18(8-12(19)21-2)14(20)13(11)15/h7,9-10,17H,3-6,8H2,1-2H3. The lowest BCUT2D eigenvalue weighted by atomic mass is 9.87. The SMILES string of the molecule is COC(=O)Cn1ncc(NC2CCCC(C)C2)c(Cl)c1=O. The average molecular weight is 314 g/mol. The third kappa shape index (κ3) is 3.97. The molecule has 0 bridgehead atoms. The number of esters is 1. The second kappa shape index (κ2) is 6.93. The largest absolute Gasteiger partial charge is 0.468 e. The summed E-state index contributed by atoms with van der Waals surface area (Å²) >= 11 is 6.09. The summed E-state index contributed by atoms with van der Waals surface area (Å²) < 4.78 is 5.52. The van der Waals surface area contributed by atoms with Crippen LogP contribution in [-0.2, 0) is 16.1 Å². The van der Waals surface area contributed by atoms with Crippen molar-refractivity contribution in [2.75, 3.05) is 12.4 Å². The number of halogens is 1. The topological polar surface area (TPSA) is 73.2 Å². The predicted octanol–water partition coefficient (Wildman–Crippen LogP) is 2.06. The van der Waals surface area contributed by atoms with Gasteiger partial charge in [-0.15, -0.1) is 0 Å². The number of carbonyl (C=O) groups excluding carboxylic acids is 1. The van der Waals surface area contributed by atoms with Crippen molar-refractivity contribution in [2.45, 2.75) is 45.2 Å². The van der Waals surface area contributed by atoms with Crippen LogP contribution in [-0.4, -0.2) is 28.9 Å².